The van der Waals surface area contributed by atoms with Gasteiger partial charge in [0.2, 0.25) is 5.91 Å². The maximum Gasteiger partial charge on any atom is 0.263 e. The second kappa shape index (κ2) is 8.64. The zero-order valence-electron chi connectivity index (χ0n) is 16.0. The highest BCUT2D eigenvalue weighted by Crippen LogP contribution is 2.22. The number of nitrogens with one attached hydrogen (secondary N) is 2. The van der Waals surface area contributed by atoms with Crippen LogP contribution in [0.3, 0.4) is 0 Å². The van der Waals surface area contributed by atoms with Crippen molar-refractivity contribution < 1.29 is 13.2 Å². The lowest BCUT2D eigenvalue weighted by Gasteiger charge is -2.14. The van der Waals surface area contributed by atoms with Crippen LogP contribution >= 0.6 is 27.3 Å². The van der Waals surface area contributed by atoms with Crippen LogP contribution in [0.2, 0.25) is 0 Å². The molecule has 0 fully saturated rings. The van der Waals surface area contributed by atoms with Crippen LogP contribution in [-0.2, 0) is 21.4 Å². The highest BCUT2D eigenvalue weighted by molar-refractivity contribution is 9.10. The van der Waals surface area contributed by atoms with Gasteiger partial charge in [-0.3, -0.25) is 14.2 Å². The van der Waals surface area contributed by atoms with E-state index in [0.717, 1.165) is 15.9 Å². The number of nitrogens with zero attached hydrogens (tertiary/aromatic N) is 3. The van der Waals surface area contributed by atoms with Crippen LogP contribution in [0.25, 0.3) is 0 Å². The Balaban J connectivity index is 1.64. The molecule has 0 radical (unpaired) electrons. The Bertz CT molecular complexity index is 1110. The van der Waals surface area contributed by atoms with Crippen molar-refractivity contribution in [1.29, 1.82) is 0 Å². The van der Waals surface area contributed by atoms with Crippen LogP contribution in [0, 0.1) is 19.8 Å². The number of carbonyl (C=O) groups excluding carboxylic acids is 1. The molecule has 2 heterocycles. The molecule has 0 bridgehead atoms. The third kappa shape index (κ3) is 5.03. The Morgan fingerprint density at radius 1 is 1.28 bits per heavy atom. The molecule has 1 unspecified atom stereocenters. The molecule has 2 aromatic heterocycles. The van der Waals surface area contributed by atoms with Crippen molar-refractivity contribution in [2.24, 2.45) is 5.92 Å². The number of thiazole rings is 1. The highest BCUT2D eigenvalue weighted by Gasteiger charge is 2.19. The van der Waals surface area contributed by atoms with E-state index in [-0.39, 0.29) is 16.7 Å². The van der Waals surface area contributed by atoms with Crippen molar-refractivity contribution >= 4 is 54.0 Å². The molecule has 1 aromatic carbocycles. The molecule has 29 heavy (non-hydrogen) atoms. The zero-order chi connectivity index (χ0) is 21.2. The summed E-state index contributed by atoms with van der Waals surface area (Å²) in [5.74, 6) is -0.500. The van der Waals surface area contributed by atoms with Crippen molar-refractivity contribution in [3.63, 3.8) is 0 Å². The number of carbonyl (C=O) groups is 1. The number of sulfonamides is 1. The molecular formula is C18H20BrN5O3S2. The number of amides is 1. The van der Waals surface area contributed by atoms with Crippen molar-refractivity contribution in [2.75, 3.05) is 10.0 Å². The summed E-state index contributed by atoms with van der Waals surface area (Å²) in [6, 6.07) is 5.99. The van der Waals surface area contributed by atoms with Crippen LogP contribution in [0.5, 0.6) is 0 Å². The molecule has 0 spiro atoms. The van der Waals surface area contributed by atoms with E-state index in [1.165, 1.54) is 29.7 Å². The molecule has 0 saturated heterocycles. The summed E-state index contributed by atoms with van der Waals surface area (Å²) in [4.78, 5) is 16.5. The molecule has 0 saturated carbocycles. The lowest BCUT2D eigenvalue weighted by molar-refractivity contribution is -0.119. The van der Waals surface area contributed by atoms with Gasteiger partial charge in [-0.05, 0) is 54.0 Å². The van der Waals surface area contributed by atoms with Gasteiger partial charge < -0.3 is 5.32 Å². The largest absolute Gasteiger partial charge is 0.326 e. The number of halogens is 1. The molecule has 0 aliphatic heterocycles. The van der Waals surface area contributed by atoms with E-state index in [4.69, 9.17) is 0 Å². The molecule has 3 aromatic rings. The number of aryl methyl sites for hydroxylation is 1. The number of benzene rings is 1. The summed E-state index contributed by atoms with van der Waals surface area (Å²) in [7, 11) is -3.72. The Kier molecular flexibility index (Phi) is 6.39. The molecule has 0 aliphatic carbocycles. The molecule has 8 nitrogen and oxygen atoms in total. The minimum Gasteiger partial charge on any atom is -0.326 e. The summed E-state index contributed by atoms with van der Waals surface area (Å²) in [6.45, 7) is 6.09. The van der Waals surface area contributed by atoms with Gasteiger partial charge in [-0.25, -0.2) is 13.4 Å². The van der Waals surface area contributed by atoms with Crippen LogP contribution in [0.15, 0.2) is 45.2 Å². The maximum absolute atomic E-state index is 12.5. The van der Waals surface area contributed by atoms with Gasteiger partial charge in [-0.15, -0.1) is 11.3 Å². The summed E-state index contributed by atoms with van der Waals surface area (Å²) in [5, 5.41) is 9.21. The summed E-state index contributed by atoms with van der Waals surface area (Å²) < 4.78 is 29.9. The molecule has 1 atom stereocenters. The number of anilines is 2. The Morgan fingerprint density at radius 3 is 2.52 bits per heavy atom. The SMILES string of the molecule is Cc1nn(CC(C)C(=O)Nc2ccc(S(=O)(=O)Nc3nccs3)cc2)c(C)c1Br. The fraction of sp³-hybridized carbons (Fsp3) is 0.278. The van der Waals surface area contributed by atoms with Crippen LogP contribution in [-0.4, -0.2) is 29.1 Å². The first-order valence-electron chi connectivity index (χ1n) is 8.70. The molecule has 11 heteroatoms. The minimum absolute atomic E-state index is 0.0891. The summed E-state index contributed by atoms with van der Waals surface area (Å²) in [6.07, 6.45) is 1.52. The van der Waals surface area contributed by atoms with Gasteiger partial charge in [-0.1, -0.05) is 6.92 Å². The lowest BCUT2D eigenvalue weighted by Crippen LogP contribution is -2.25. The van der Waals surface area contributed by atoms with Crippen LogP contribution in [0.1, 0.15) is 18.3 Å². The Labute approximate surface area is 181 Å². The standard InChI is InChI=1S/C18H20BrN5O3S2/c1-11(10-24-13(3)16(19)12(2)22-24)17(25)21-14-4-6-15(7-5-14)29(26,27)23-18-20-8-9-28-18/h4-9,11H,10H2,1-3H3,(H,20,23)(H,21,25). The van der Waals surface area contributed by atoms with Gasteiger partial charge in [0.15, 0.2) is 5.13 Å². The van der Waals surface area contributed by atoms with E-state index in [9.17, 15) is 13.2 Å². The van der Waals surface area contributed by atoms with Gasteiger partial charge in [-0.2, -0.15) is 5.10 Å². The molecule has 3 rings (SSSR count). The monoisotopic (exact) mass is 497 g/mol. The predicted octanol–water partition coefficient (Wildman–Crippen LogP) is 3.79. The van der Waals surface area contributed by atoms with Crippen molar-refractivity contribution in [2.45, 2.75) is 32.2 Å². The van der Waals surface area contributed by atoms with Crippen molar-refractivity contribution in [3.05, 3.63) is 51.7 Å². The molecule has 2 N–H and O–H groups in total. The number of rotatable bonds is 7. The molecule has 0 aliphatic rings. The first-order chi connectivity index (χ1) is 13.7. The first-order valence-corrected chi connectivity index (χ1v) is 11.9. The zero-order valence-corrected chi connectivity index (χ0v) is 19.2. The molecule has 1 amide bonds. The average molecular weight is 498 g/mol. The Morgan fingerprint density at radius 2 is 1.97 bits per heavy atom. The van der Waals surface area contributed by atoms with Gasteiger partial charge in [0.05, 0.1) is 27.5 Å². The molecule has 154 valence electrons. The second-order valence-electron chi connectivity index (χ2n) is 6.52. The maximum atomic E-state index is 12.5. The minimum atomic E-state index is -3.72. The number of aromatic nitrogens is 3. The van der Waals surface area contributed by atoms with E-state index in [1.54, 1.807) is 22.2 Å². The van der Waals surface area contributed by atoms with Gasteiger partial charge in [0.1, 0.15) is 0 Å². The number of hydrogen-bond donors (Lipinski definition) is 2. The Hall–Kier alpha value is -2.24. The fourth-order valence-corrected chi connectivity index (χ4v) is 4.70. The van der Waals surface area contributed by atoms with E-state index in [1.807, 2.05) is 20.8 Å². The average Bonchev–Trinajstić information content (AvgIpc) is 3.26. The first kappa shape index (κ1) is 21.5. The van der Waals surface area contributed by atoms with Crippen LogP contribution < -0.4 is 10.0 Å². The normalized spacial score (nSPS) is 12.6. The van der Waals surface area contributed by atoms with E-state index >= 15 is 0 Å². The van der Waals surface area contributed by atoms with E-state index in [0.29, 0.717) is 17.4 Å². The third-order valence-electron chi connectivity index (χ3n) is 4.27. The lowest BCUT2D eigenvalue weighted by atomic mass is 10.1. The third-order valence-corrected chi connectivity index (χ3v) is 7.59. The summed E-state index contributed by atoms with van der Waals surface area (Å²) >= 11 is 4.68. The highest BCUT2D eigenvalue weighted by atomic mass is 79.9. The van der Waals surface area contributed by atoms with Gasteiger partial charge >= 0.3 is 0 Å². The van der Waals surface area contributed by atoms with Crippen molar-refractivity contribution in [1.82, 2.24) is 14.8 Å². The van der Waals surface area contributed by atoms with E-state index in [2.05, 4.69) is 36.1 Å². The molecular weight excluding hydrogens is 478 g/mol. The van der Waals surface area contributed by atoms with Gasteiger partial charge in [0.25, 0.3) is 10.0 Å². The number of hydrogen-bond acceptors (Lipinski definition) is 6. The van der Waals surface area contributed by atoms with Crippen LogP contribution in [0.4, 0.5) is 10.8 Å². The second-order valence-corrected chi connectivity index (χ2v) is 9.89. The van der Waals surface area contributed by atoms with E-state index < -0.39 is 10.0 Å². The van der Waals surface area contributed by atoms with Gasteiger partial charge in [0, 0.05) is 23.0 Å². The quantitative estimate of drug-likeness (QED) is 0.516. The predicted molar refractivity (Wildman–Crippen MR) is 117 cm³/mol. The van der Waals surface area contributed by atoms with Crippen molar-refractivity contribution in [3.8, 4) is 0 Å². The summed E-state index contributed by atoms with van der Waals surface area (Å²) in [5.41, 5.74) is 2.35. The fourth-order valence-electron chi connectivity index (χ4n) is 2.63. The topological polar surface area (TPSA) is 106 Å². The smallest absolute Gasteiger partial charge is 0.263 e.